The number of primary sulfonamides is 1. The van der Waals surface area contributed by atoms with E-state index in [0.29, 0.717) is 32.4 Å². The van der Waals surface area contributed by atoms with Gasteiger partial charge in [-0.2, -0.15) is 0 Å². The van der Waals surface area contributed by atoms with Crippen molar-refractivity contribution in [3.8, 4) is 0 Å². The zero-order valence-electron chi connectivity index (χ0n) is 22.8. The molecule has 3 amide bonds. The summed E-state index contributed by atoms with van der Waals surface area (Å²) in [4.78, 5) is 39.7. The summed E-state index contributed by atoms with van der Waals surface area (Å²) in [6, 6.07) is 27.9. The number of sulfonamides is 1. The second-order valence-electron chi connectivity index (χ2n) is 9.20. The van der Waals surface area contributed by atoms with Crippen LogP contribution in [0.2, 0.25) is 5.02 Å². The number of amides is 3. The van der Waals surface area contributed by atoms with Gasteiger partial charge in [0, 0.05) is 26.9 Å². The largest absolute Gasteiger partial charge is 0.325 e. The van der Waals surface area contributed by atoms with Crippen molar-refractivity contribution < 1.29 is 22.8 Å². The molecule has 4 aromatic carbocycles. The zero-order chi connectivity index (χ0) is 31.0. The lowest BCUT2D eigenvalue weighted by Crippen LogP contribution is -2.30. The van der Waals surface area contributed by atoms with Crippen molar-refractivity contribution in [1.82, 2.24) is 5.32 Å². The van der Waals surface area contributed by atoms with Gasteiger partial charge in [0.25, 0.3) is 11.8 Å². The minimum Gasteiger partial charge on any atom is -0.325 e. The number of halogens is 1. The Morgan fingerprint density at radius 1 is 0.837 bits per heavy atom. The normalized spacial score (nSPS) is 12.2. The maximum Gasteiger partial charge on any atom is 0.272 e. The smallest absolute Gasteiger partial charge is 0.272 e. The number of nitrogens with one attached hydrogen (secondary N) is 3. The number of hydrogen-bond donors (Lipinski definition) is 4. The monoisotopic (exact) mass is 634 g/mol. The summed E-state index contributed by atoms with van der Waals surface area (Å²) in [6.45, 7) is 1.72. The predicted molar refractivity (Wildman–Crippen MR) is 170 cm³/mol. The molecule has 0 saturated heterocycles. The van der Waals surface area contributed by atoms with Crippen LogP contribution in [0.25, 0.3) is 6.08 Å². The van der Waals surface area contributed by atoms with Crippen molar-refractivity contribution in [1.29, 1.82) is 0 Å². The molecule has 0 fully saturated rings. The minimum atomic E-state index is -3.84. The molecule has 9 nitrogen and oxygen atoms in total. The van der Waals surface area contributed by atoms with E-state index < -0.39 is 27.1 Å². The lowest BCUT2D eigenvalue weighted by Gasteiger charge is -2.14. The number of carbonyl (C=O) groups excluding carboxylic acids is 3. The highest BCUT2D eigenvalue weighted by Gasteiger charge is 2.18. The van der Waals surface area contributed by atoms with Gasteiger partial charge in [0.2, 0.25) is 15.9 Å². The first kappa shape index (κ1) is 31.5. The van der Waals surface area contributed by atoms with E-state index in [9.17, 15) is 22.8 Å². The number of rotatable bonds is 10. The molecular weight excluding hydrogens is 608 g/mol. The lowest BCUT2D eigenvalue weighted by molar-refractivity contribution is -0.115. The van der Waals surface area contributed by atoms with Crippen LogP contribution in [0.5, 0.6) is 0 Å². The van der Waals surface area contributed by atoms with Gasteiger partial charge in [-0.15, -0.1) is 11.8 Å². The fourth-order valence-electron chi connectivity index (χ4n) is 3.77. The van der Waals surface area contributed by atoms with E-state index in [1.807, 2.05) is 0 Å². The van der Waals surface area contributed by atoms with Crippen LogP contribution in [0.4, 0.5) is 11.4 Å². The van der Waals surface area contributed by atoms with E-state index in [-0.39, 0.29) is 16.5 Å². The van der Waals surface area contributed by atoms with Crippen molar-refractivity contribution in [2.75, 3.05) is 10.6 Å². The van der Waals surface area contributed by atoms with Gasteiger partial charge in [0.1, 0.15) is 5.70 Å². The molecule has 220 valence electrons. The first-order valence-corrected chi connectivity index (χ1v) is 15.6. The van der Waals surface area contributed by atoms with Crippen LogP contribution in [-0.2, 0) is 19.6 Å². The molecule has 0 spiro atoms. The highest BCUT2D eigenvalue weighted by Crippen LogP contribution is 2.27. The molecule has 12 heteroatoms. The predicted octanol–water partition coefficient (Wildman–Crippen LogP) is 5.52. The summed E-state index contributed by atoms with van der Waals surface area (Å²) in [6.07, 6.45) is 1.50. The second-order valence-corrected chi connectivity index (χ2v) is 12.6. The molecule has 4 rings (SSSR count). The number of carbonyl (C=O) groups is 3. The molecule has 0 aliphatic carbocycles. The van der Waals surface area contributed by atoms with Crippen LogP contribution in [-0.4, -0.2) is 31.4 Å². The standard InChI is InChI=1S/C31H27ClN4O5S2/c1-20(29(37)34-23-14-16-26(17-15-23)43(33,40)41)42-25-12-7-11-24(19-25)35-31(39)28(18-22-10-5-6-13-27(22)32)36-30(38)21-8-3-2-4-9-21/h2-20H,1H3,(H,34,37)(H,35,39)(H,36,38)(H2,33,40,41)/b28-18+. The van der Waals surface area contributed by atoms with E-state index in [4.69, 9.17) is 16.7 Å². The van der Waals surface area contributed by atoms with E-state index in [0.717, 1.165) is 0 Å². The summed E-state index contributed by atoms with van der Waals surface area (Å²) in [7, 11) is -3.84. The molecule has 0 heterocycles. The Labute approximate surface area is 258 Å². The molecular formula is C31H27ClN4O5S2. The molecule has 0 aliphatic heterocycles. The van der Waals surface area contributed by atoms with Crippen molar-refractivity contribution in [3.63, 3.8) is 0 Å². The minimum absolute atomic E-state index is 0.0128. The molecule has 4 aromatic rings. The molecule has 0 aromatic heterocycles. The van der Waals surface area contributed by atoms with Crippen LogP contribution >= 0.6 is 23.4 Å². The average Bonchev–Trinajstić information content (AvgIpc) is 2.98. The Balaban J connectivity index is 1.46. The Hall–Kier alpha value is -4.42. The van der Waals surface area contributed by atoms with Gasteiger partial charge in [-0.3, -0.25) is 14.4 Å². The molecule has 43 heavy (non-hydrogen) atoms. The van der Waals surface area contributed by atoms with Crippen LogP contribution in [0, 0.1) is 0 Å². The van der Waals surface area contributed by atoms with Crippen LogP contribution < -0.4 is 21.1 Å². The van der Waals surface area contributed by atoms with Gasteiger partial charge < -0.3 is 16.0 Å². The molecule has 1 atom stereocenters. The molecule has 0 saturated carbocycles. The summed E-state index contributed by atoms with van der Waals surface area (Å²) in [5.41, 5.74) is 1.78. The molecule has 0 aliphatic rings. The third-order valence-corrected chi connectivity index (χ3v) is 8.33. The lowest BCUT2D eigenvalue weighted by atomic mass is 10.1. The van der Waals surface area contributed by atoms with E-state index in [1.54, 1.807) is 85.8 Å². The van der Waals surface area contributed by atoms with Crippen molar-refractivity contribution in [3.05, 3.63) is 125 Å². The Kier molecular flexibility index (Phi) is 10.4. The summed E-state index contributed by atoms with van der Waals surface area (Å²) < 4.78 is 22.9. The Morgan fingerprint density at radius 2 is 1.51 bits per heavy atom. The van der Waals surface area contributed by atoms with Gasteiger partial charge in [0.05, 0.1) is 10.1 Å². The second kappa shape index (κ2) is 14.2. The van der Waals surface area contributed by atoms with E-state index in [1.165, 1.54) is 42.1 Å². The number of thioether (sulfide) groups is 1. The fraction of sp³-hybridized carbons (Fsp3) is 0.0645. The third-order valence-electron chi connectivity index (χ3n) is 5.96. The van der Waals surface area contributed by atoms with Gasteiger partial charge in [-0.1, -0.05) is 54.1 Å². The molecule has 1 unspecified atom stereocenters. The first-order valence-electron chi connectivity index (χ1n) is 12.8. The van der Waals surface area contributed by atoms with Crippen LogP contribution in [0.1, 0.15) is 22.8 Å². The molecule has 5 N–H and O–H groups in total. The van der Waals surface area contributed by atoms with Gasteiger partial charge >= 0.3 is 0 Å². The first-order chi connectivity index (χ1) is 20.5. The van der Waals surface area contributed by atoms with Gasteiger partial charge in [0.15, 0.2) is 0 Å². The fourth-order valence-corrected chi connectivity index (χ4v) is 5.40. The highest BCUT2D eigenvalue weighted by atomic mass is 35.5. The summed E-state index contributed by atoms with van der Waals surface area (Å²) in [5.74, 6) is -1.34. The summed E-state index contributed by atoms with van der Waals surface area (Å²) >= 11 is 7.56. The number of benzene rings is 4. The Bertz CT molecular complexity index is 1780. The maximum absolute atomic E-state index is 13.4. The SMILES string of the molecule is CC(Sc1cccc(NC(=O)/C(=C\c2ccccc2Cl)NC(=O)c2ccccc2)c1)C(=O)Nc1ccc(S(N)(=O)=O)cc1. The third kappa shape index (κ3) is 9.03. The summed E-state index contributed by atoms with van der Waals surface area (Å²) in [5, 5.41) is 13.2. The molecule has 0 radical (unpaired) electrons. The number of nitrogens with two attached hydrogens (primary N) is 1. The molecule has 0 bridgehead atoms. The average molecular weight is 635 g/mol. The zero-order valence-corrected chi connectivity index (χ0v) is 25.2. The quantitative estimate of drug-likeness (QED) is 0.133. The number of hydrogen-bond acceptors (Lipinski definition) is 6. The van der Waals surface area contributed by atoms with Gasteiger partial charge in [-0.05, 0) is 79.2 Å². The van der Waals surface area contributed by atoms with Crippen molar-refractivity contribution in [2.45, 2.75) is 22.0 Å². The van der Waals surface area contributed by atoms with E-state index in [2.05, 4.69) is 16.0 Å². The topological polar surface area (TPSA) is 147 Å². The Morgan fingerprint density at radius 3 is 2.19 bits per heavy atom. The van der Waals surface area contributed by atoms with Crippen molar-refractivity contribution >= 4 is 68.6 Å². The maximum atomic E-state index is 13.4. The van der Waals surface area contributed by atoms with Crippen LogP contribution in [0.3, 0.4) is 0 Å². The van der Waals surface area contributed by atoms with Gasteiger partial charge in [-0.25, -0.2) is 13.6 Å². The number of anilines is 2. The van der Waals surface area contributed by atoms with Crippen LogP contribution in [0.15, 0.2) is 119 Å². The van der Waals surface area contributed by atoms with Crippen molar-refractivity contribution in [2.24, 2.45) is 5.14 Å². The highest BCUT2D eigenvalue weighted by molar-refractivity contribution is 8.00. The van der Waals surface area contributed by atoms with E-state index >= 15 is 0 Å².